The molecule has 0 N–H and O–H groups in total. The monoisotopic (exact) mass is 288 g/mol. The van der Waals surface area contributed by atoms with Crippen LogP contribution in [0.4, 0.5) is 0 Å². The molecule has 0 amide bonds. The number of nitriles is 1. The van der Waals surface area contributed by atoms with E-state index in [0.29, 0.717) is 21.5 Å². The summed E-state index contributed by atoms with van der Waals surface area (Å²) in [6.07, 6.45) is 1.61. The Kier molecular flexibility index (Phi) is 4.47. The van der Waals surface area contributed by atoms with Crippen molar-refractivity contribution in [3.63, 3.8) is 0 Å². The van der Waals surface area contributed by atoms with Crippen molar-refractivity contribution in [3.8, 4) is 6.07 Å². The first-order valence-corrected chi connectivity index (χ1v) is 7.13. The van der Waals surface area contributed by atoms with Gasteiger partial charge in [-0.15, -0.1) is 0 Å². The van der Waals surface area contributed by atoms with Gasteiger partial charge in [0.2, 0.25) is 0 Å². The smallest absolute Gasteiger partial charge is 0.121 e. The maximum atomic E-state index is 8.93. The van der Waals surface area contributed by atoms with Crippen molar-refractivity contribution < 1.29 is 0 Å². The maximum absolute atomic E-state index is 8.93. The fourth-order valence-corrected chi connectivity index (χ4v) is 2.69. The first kappa shape index (κ1) is 13.9. The second-order valence-corrected chi connectivity index (χ2v) is 5.86. The zero-order chi connectivity index (χ0) is 13.8. The molecule has 0 bridgehead atoms. The zero-order valence-corrected chi connectivity index (χ0v) is 12.3. The molecule has 2 nitrogen and oxygen atoms in total. The molecular weight excluding hydrogens is 276 g/mol. The van der Waals surface area contributed by atoms with Crippen LogP contribution in [-0.2, 0) is 0 Å². The van der Waals surface area contributed by atoms with E-state index in [2.05, 4.69) is 49.2 Å². The van der Waals surface area contributed by atoms with E-state index in [0.717, 1.165) is 4.90 Å². The third-order valence-electron chi connectivity index (χ3n) is 2.74. The third kappa shape index (κ3) is 3.28. The minimum absolute atomic E-state index is 0.419. The van der Waals surface area contributed by atoms with Crippen molar-refractivity contribution >= 4 is 23.4 Å². The van der Waals surface area contributed by atoms with Crippen LogP contribution in [0, 0.1) is 11.3 Å². The Balaban J connectivity index is 2.24. The lowest BCUT2D eigenvalue weighted by Crippen LogP contribution is -1.88. The zero-order valence-electron chi connectivity index (χ0n) is 10.7. The van der Waals surface area contributed by atoms with E-state index in [1.54, 1.807) is 12.3 Å². The fourth-order valence-electron chi connectivity index (χ4n) is 1.61. The molecule has 0 aliphatic carbocycles. The second kappa shape index (κ2) is 6.10. The van der Waals surface area contributed by atoms with Gasteiger partial charge in [-0.25, -0.2) is 4.98 Å². The van der Waals surface area contributed by atoms with Crippen molar-refractivity contribution in [2.45, 2.75) is 29.7 Å². The summed E-state index contributed by atoms with van der Waals surface area (Å²) in [5.41, 5.74) is 1.76. The molecule has 0 fully saturated rings. The van der Waals surface area contributed by atoms with Gasteiger partial charge in [0.25, 0.3) is 0 Å². The molecule has 96 valence electrons. The Bertz CT molecular complexity index is 615. The summed E-state index contributed by atoms with van der Waals surface area (Å²) in [6, 6.07) is 12.0. The highest BCUT2D eigenvalue weighted by atomic mass is 35.5. The summed E-state index contributed by atoms with van der Waals surface area (Å²) in [4.78, 5) is 5.28. The molecule has 4 heteroatoms. The van der Waals surface area contributed by atoms with Crippen LogP contribution in [0.1, 0.15) is 30.9 Å². The van der Waals surface area contributed by atoms with Crippen LogP contribution in [0.2, 0.25) is 5.02 Å². The summed E-state index contributed by atoms with van der Waals surface area (Å²) < 4.78 is 0. The Hall–Kier alpha value is -1.50. The van der Waals surface area contributed by atoms with Crippen LogP contribution in [-0.4, -0.2) is 4.98 Å². The van der Waals surface area contributed by atoms with Gasteiger partial charge in [0.1, 0.15) is 11.1 Å². The van der Waals surface area contributed by atoms with E-state index >= 15 is 0 Å². The number of hydrogen-bond acceptors (Lipinski definition) is 3. The van der Waals surface area contributed by atoms with Crippen LogP contribution in [0.25, 0.3) is 0 Å². The number of hydrogen-bond donors (Lipinski definition) is 0. The molecule has 0 saturated heterocycles. The van der Waals surface area contributed by atoms with Crippen LogP contribution in [0.5, 0.6) is 0 Å². The number of aromatic nitrogens is 1. The number of rotatable bonds is 3. The van der Waals surface area contributed by atoms with Gasteiger partial charge in [0.15, 0.2) is 0 Å². The lowest BCUT2D eigenvalue weighted by molar-refractivity contribution is 0.865. The molecule has 0 atom stereocenters. The molecule has 0 unspecified atom stereocenters. The van der Waals surface area contributed by atoms with Gasteiger partial charge in [0.05, 0.1) is 10.6 Å². The van der Waals surface area contributed by atoms with Crippen molar-refractivity contribution in [3.05, 3.63) is 52.7 Å². The van der Waals surface area contributed by atoms with Crippen LogP contribution < -0.4 is 0 Å². The minimum atomic E-state index is 0.419. The molecule has 1 heterocycles. The molecule has 0 aliphatic heterocycles. The van der Waals surface area contributed by atoms with Crippen molar-refractivity contribution in [2.75, 3.05) is 0 Å². The maximum Gasteiger partial charge on any atom is 0.121 e. The SMILES string of the molecule is CC(C)c1ccc(Sc2nccc(C#N)c2Cl)cc1. The lowest BCUT2D eigenvalue weighted by atomic mass is 10.0. The molecule has 2 rings (SSSR count). The first-order valence-electron chi connectivity index (χ1n) is 5.94. The third-order valence-corrected chi connectivity index (χ3v) is 4.24. The van der Waals surface area contributed by atoms with Crippen molar-refractivity contribution in [1.29, 1.82) is 5.26 Å². The Morgan fingerprint density at radius 1 is 1.21 bits per heavy atom. The van der Waals surface area contributed by atoms with Gasteiger partial charge in [-0.2, -0.15) is 5.26 Å². The van der Waals surface area contributed by atoms with E-state index in [1.807, 2.05) is 0 Å². The van der Waals surface area contributed by atoms with Crippen molar-refractivity contribution in [1.82, 2.24) is 4.98 Å². The topological polar surface area (TPSA) is 36.7 Å². The molecular formula is C15H13ClN2S. The molecule has 1 aromatic carbocycles. The largest absolute Gasteiger partial charge is 0.248 e. The molecule has 0 radical (unpaired) electrons. The van der Waals surface area contributed by atoms with Crippen LogP contribution in [0.3, 0.4) is 0 Å². The standard InChI is InChI=1S/C15H13ClN2S/c1-10(2)11-3-5-13(6-4-11)19-15-14(16)12(9-17)7-8-18-15/h3-8,10H,1-2H3. The molecule has 0 spiro atoms. The Morgan fingerprint density at radius 2 is 1.89 bits per heavy atom. The molecule has 0 aliphatic rings. The van der Waals surface area contributed by atoms with E-state index in [-0.39, 0.29) is 0 Å². The van der Waals surface area contributed by atoms with Gasteiger partial charge in [-0.05, 0) is 29.7 Å². The summed E-state index contributed by atoms with van der Waals surface area (Å²) in [6.45, 7) is 4.33. The number of nitrogens with zero attached hydrogens (tertiary/aromatic N) is 2. The van der Waals surface area contributed by atoms with Crippen LogP contribution >= 0.6 is 23.4 Å². The summed E-state index contributed by atoms with van der Waals surface area (Å²) >= 11 is 7.60. The molecule has 1 aromatic heterocycles. The van der Waals surface area contributed by atoms with E-state index in [9.17, 15) is 0 Å². The van der Waals surface area contributed by atoms with E-state index < -0.39 is 0 Å². The van der Waals surface area contributed by atoms with Gasteiger partial charge >= 0.3 is 0 Å². The molecule has 2 aromatic rings. The van der Waals surface area contributed by atoms with E-state index in [1.165, 1.54) is 17.3 Å². The highest BCUT2D eigenvalue weighted by Gasteiger charge is 2.09. The normalized spacial score (nSPS) is 10.5. The van der Waals surface area contributed by atoms with E-state index in [4.69, 9.17) is 16.9 Å². The lowest BCUT2D eigenvalue weighted by Gasteiger charge is -2.07. The van der Waals surface area contributed by atoms with Gasteiger partial charge in [-0.3, -0.25) is 0 Å². The minimum Gasteiger partial charge on any atom is -0.248 e. The quantitative estimate of drug-likeness (QED) is 0.807. The highest BCUT2D eigenvalue weighted by Crippen LogP contribution is 2.33. The summed E-state index contributed by atoms with van der Waals surface area (Å²) in [5.74, 6) is 0.516. The van der Waals surface area contributed by atoms with Crippen LogP contribution in [0.15, 0.2) is 46.5 Å². The number of benzene rings is 1. The second-order valence-electron chi connectivity index (χ2n) is 4.42. The fraction of sp³-hybridized carbons (Fsp3) is 0.200. The molecule has 19 heavy (non-hydrogen) atoms. The highest BCUT2D eigenvalue weighted by molar-refractivity contribution is 7.99. The predicted octanol–water partition coefficient (Wildman–Crippen LogP) is 4.88. The van der Waals surface area contributed by atoms with Gasteiger partial charge in [-0.1, -0.05) is 49.3 Å². The van der Waals surface area contributed by atoms with Gasteiger partial charge < -0.3 is 0 Å². The first-order chi connectivity index (χ1) is 9.11. The summed E-state index contributed by atoms with van der Waals surface area (Å²) in [7, 11) is 0. The Labute approximate surface area is 122 Å². The Morgan fingerprint density at radius 3 is 2.47 bits per heavy atom. The number of pyridine rings is 1. The predicted molar refractivity (Wildman–Crippen MR) is 78.6 cm³/mol. The number of halogens is 1. The summed E-state index contributed by atoms with van der Waals surface area (Å²) in [5, 5.41) is 10.0. The van der Waals surface area contributed by atoms with Gasteiger partial charge in [0, 0.05) is 11.1 Å². The van der Waals surface area contributed by atoms with Crippen molar-refractivity contribution in [2.24, 2.45) is 0 Å². The molecule has 0 saturated carbocycles. The average Bonchev–Trinajstić information content (AvgIpc) is 2.42. The average molecular weight is 289 g/mol.